The van der Waals surface area contributed by atoms with Crippen LogP contribution < -0.4 is 0 Å². The van der Waals surface area contributed by atoms with Gasteiger partial charge in [-0.3, -0.25) is 0 Å². The minimum Gasteiger partial charge on any atom is -0.300 e. The number of benzene rings is 2. The van der Waals surface area contributed by atoms with Crippen LogP contribution in [0.4, 0.5) is 0 Å². The van der Waals surface area contributed by atoms with Crippen molar-refractivity contribution in [1.29, 1.82) is 0 Å². The van der Waals surface area contributed by atoms with Gasteiger partial charge in [0.2, 0.25) is 0 Å². The number of aromatic nitrogens is 1. The van der Waals surface area contributed by atoms with E-state index in [4.69, 9.17) is 4.98 Å². The molecule has 1 heterocycles. The lowest BCUT2D eigenvalue weighted by Crippen LogP contribution is -2.14. The number of hydrogen-bond acceptors (Lipinski definition) is 2. The maximum atomic E-state index is 12.1. The Hall–Kier alpha value is -2.22. The molecule has 1 aromatic heterocycles. The smallest absolute Gasteiger partial charge is 0.130 e. The predicted octanol–water partition coefficient (Wildman–Crippen LogP) is 6.42. The summed E-state index contributed by atoms with van der Waals surface area (Å²) in [5.41, 5.74) is 3.42. The van der Waals surface area contributed by atoms with Crippen molar-refractivity contribution >= 4 is 27.6 Å². The van der Waals surface area contributed by atoms with Gasteiger partial charge in [0.1, 0.15) is 5.78 Å². The van der Waals surface area contributed by atoms with Crippen LogP contribution in [0, 0.1) is 5.92 Å². The van der Waals surface area contributed by atoms with Crippen LogP contribution in [-0.4, -0.2) is 10.8 Å². The second kappa shape index (κ2) is 7.57. The van der Waals surface area contributed by atoms with Crippen LogP contribution in [0.25, 0.3) is 21.8 Å². The third-order valence-electron chi connectivity index (χ3n) is 5.91. The fourth-order valence-electron chi connectivity index (χ4n) is 4.79. The number of ketones is 1. The van der Waals surface area contributed by atoms with Gasteiger partial charge in [-0.2, -0.15) is 0 Å². The number of Topliss-reactive ketones (excluding diaryl/α,β-unsaturated/α-hetero) is 1. The highest BCUT2D eigenvalue weighted by atomic mass is 16.1. The Balaban J connectivity index is 1.86. The summed E-state index contributed by atoms with van der Waals surface area (Å²) >= 11 is 0. The SMILES string of the molecule is CC(=O)CC(CC1CCCCC1)c1c2ccccc2nc2ccccc12. The molecule has 2 heteroatoms. The lowest BCUT2D eigenvalue weighted by Gasteiger charge is -2.28. The van der Waals surface area contributed by atoms with Crippen molar-refractivity contribution in [2.75, 3.05) is 0 Å². The highest BCUT2D eigenvalue weighted by Crippen LogP contribution is 2.40. The fraction of sp³-hybridized carbons (Fsp3) is 0.417. The van der Waals surface area contributed by atoms with Crippen molar-refractivity contribution in [3.63, 3.8) is 0 Å². The molecule has 1 unspecified atom stereocenters. The van der Waals surface area contributed by atoms with Crippen LogP contribution in [0.1, 0.15) is 63.4 Å². The molecule has 0 radical (unpaired) electrons. The number of fused-ring (bicyclic) bond motifs is 2. The van der Waals surface area contributed by atoms with E-state index >= 15 is 0 Å². The van der Waals surface area contributed by atoms with Crippen molar-refractivity contribution in [1.82, 2.24) is 4.98 Å². The van der Waals surface area contributed by atoms with E-state index in [1.807, 2.05) is 0 Å². The fourth-order valence-corrected chi connectivity index (χ4v) is 4.79. The molecule has 3 aromatic rings. The third-order valence-corrected chi connectivity index (χ3v) is 5.91. The average molecular weight is 345 g/mol. The van der Waals surface area contributed by atoms with E-state index in [2.05, 4.69) is 48.5 Å². The zero-order chi connectivity index (χ0) is 17.9. The Kier molecular flexibility index (Phi) is 5.01. The molecule has 0 aliphatic heterocycles. The first-order chi connectivity index (χ1) is 12.7. The maximum Gasteiger partial charge on any atom is 0.130 e. The largest absolute Gasteiger partial charge is 0.300 e. The van der Waals surface area contributed by atoms with Gasteiger partial charge in [-0.25, -0.2) is 4.98 Å². The monoisotopic (exact) mass is 345 g/mol. The average Bonchev–Trinajstić information content (AvgIpc) is 2.66. The van der Waals surface area contributed by atoms with Gasteiger partial charge in [0.25, 0.3) is 0 Å². The minimum atomic E-state index is 0.286. The summed E-state index contributed by atoms with van der Waals surface area (Å²) in [5, 5.41) is 2.43. The molecule has 1 saturated carbocycles. The predicted molar refractivity (Wildman–Crippen MR) is 108 cm³/mol. The van der Waals surface area contributed by atoms with Crippen molar-refractivity contribution in [2.45, 2.75) is 57.8 Å². The van der Waals surface area contributed by atoms with Crippen molar-refractivity contribution < 1.29 is 4.79 Å². The molecule has 0 amide bonds. The number of pyridine rings is 1. The van der Waals surface area contributed by atoms with Gasteiger partial charge in [0, 0.05) is 17.2 Å². The third kappa shape index (κ3) is 3.51. The first kappa shape index (κ1) is 17.2. The summed E-state index contributed by atoms with van der Waals surface area (Å²) < 4.78 is 0. The molecule has 1 aliphatic carbocycles. The second-order valence-electron chi connectivity index (χ2n) is 7.90. The molecule has 1 atom stereocenters. The Labute approximate surface area is 155 Å². The van der Waals surface area contributed by atoms with E-state index < -0.39 is 0 Å². The van der Waals surface area contributed by atoms with Gasteiger partial charge in [-0.15, -0.1) is 0 Å². The number of nitrogens with zero attached hydrogens (tertiary/aromatic N) is 1. The number of carbonyl (C=O) groups excluding carboxylic acids is 1. The number of hydrogen-bond donors (Lipinski definition) is 0. The van der Waals surface area contributed by atoms with Gasteiger partial charge in [0.15, 0.2) is 0 Å². The highest BCUT2D eigenvalue weighted by Gasteiger charge is 2.24. The van der Waals surface area contributed by atoms with Crippen LogP contribution in [0.3, 0.4) is 0 Å². The Bertz CT molecular complexity index is 870. The molecular formula is C24H27NO. The lowest BCUT2D eigenvalue weighted by molar-refractivity contribution is -0.117. The molecule has 0 spiro atoms. The first-order valence-electron chi connectivity index (χ1n) is 9.99. The number of carbonyl (C=O) groups is 1. The first-order valence-corrected chi connectivity index (χ1v) is 9.99. The zero-order valence-electron chi connectivity index (χ0n) is 15.6. The summed E-state index contributed by atoms with van der Waals surface area (Å²) in [6.45, 7) is 1.74. The molecule has 4 rings (SSSR count). The number of rotatable bonds is 5. The Morgan fingerprint density at radius 3 is 2.12 bits per heavy atom. The molecule has 2 aromatic carbocycles. The zero-order valence-corrected chi connectivity index (χ0v) is 15.6. The van der Waals surface area contributed by atoms with Gasteiger partial charge in [0.05, 0.1) is 11.0 Å². The van der Waals surface area contributed by atoms with Crippen molar-refractivity contribution in [3.8, 4) is 0 Å². The maximum absolute atomic E-state index is 12.1. The van der Waals surface area contributed by atoms with Crippen molar-refractivity contribution in [2.24, 2.45) is 5.92 Å². The van der Waals surface area contributed by atoms with Crippen LogP contribution in [-0.2, 0) is 4.79 Å². The standard InChI is InChI=1S/C24H27NO/c1-17(26)15-19(16-18-9-3-2-4-10-18)24-20-11-5-7-13-22(20)25-23-14-8-6-12-21(23)24/h5-8,11-14,18-19H,2-4,9-10,15-16H2,1H3. The molecule has 134 valence electrons. The van der Waals surface area contributed by atoms with E-state index in [0.717, 1.165) is 23.4 Å². The van der Waals surface area contributed by atoms with Crippen LogP contribution >= 0.6 is 0 Å². The van der Waals surface area contributed by atoms with Gasteiger partial charge in [-0.05, 0) is 42.9 Å². The molecule has 0 bridgehead atoms. The van der Waals surface area contributed by atoms with Crippen molar-refractivity contribution in [3.05, 3.63) is 54.1 Å². The topological polar surface area (TPSA) is 30.0 Å². The summed E-state index contributed by atoms with van der Waals surface area (Å²) in [6, 6.07) is 16.8. The Morgan fingerprint density at radius 1 is 0.962 bits per heavy atom. The van der Waals surface area contributed by atoms with Gasteiger partial charge in [-0.1, -0.05) is 68.5 Å². The Morgan fingerprint density at radius 2 is 1.54 bits per heavy atom. The van der Waals surface area contributed by atoms with Crippen LogP contribution in [0.15, 0.2) is 48.5 Å². The molecular weight excluding hydrogens is 318 g/mol. The van der Waals surface area contributed by atoms with Gasteiger partial charge >= 0.3 is 0 Å². The summed E-state index contributed by atoms with van der Waals surface area (Å²) in [6.07, 6.45) is 8.44. The summed E-state index contributed by atoms with van der Waals surface area (Å²) in [4.78, 5) is 17.0. The molecule has 1 fully saturated rings. The lowest BCUT2D eigenvalue weighted by atomic mass is 9.77. The van der Waals surface area contributed by atoms with Crippen LogP contribution in [0.5, 0.6) is 0 Å². The summed E-state index contributed by atoms with van der Waals surface area (Å²) in [7, 11) is 0. The highest BCUT2D eigenvalue weighted by molar-refractivity contribution is 5.98. The van der Waals surface area contributed by atoms with Gasteiger partial charge < -0.3 is 4.79 Å². The second-order valence-corrected chi connectivity index (χ2v) is 7.90. The molecule has 26 heavy (non-hydrogen) atoms. The molecule has 2 nitrogen and oxygen atoms in total. The van der Waals surface area contributed by atoms with E-state index in [1.165, 1.54) is 48.4 Å². The molecule has 0 saturated heterocycles. The molecule has 0 N–H and O–H groups in total. The van der Waals surface area contributed by atoms with E-state index in [0.29, 0.717) is 6.42 Å². The van der Waals surface area contributed by atoms with E-state index in [9.17, 15) is 4.79 Å². The summed E-state index contributed by atoms with van der Waals surface area (Å²) in [5.74, 6) is 1.32. The van der Waals surface area contributed by atoms with Crippen LogP contribution in [0.2, 0.25) is 0 Å². The van der Waals surface area contributed by atoms with E-state index in [-0.39, 0.29) is 11.7 Å². The minimum absolute atomic E-state index is 0.286. The van der Waals surface area contributed by atoms with E-state index in [1.54, 1.807) is 6.92 Å². The quantitative estimate of drug-likeness (QED) is 0.499. The molecule has 1 aliphatic rings. The number of para-hydroxylation sites is 2. The normalized spacial score (nSPS) is 16.8.